The fraction of sp³-hybridized carbons (Fsp3) is 0.636. The number of nitrogens with one attached hydrogen (secondary N) is 1. The number of primary amides is 1. The highest BCUT2D eigenvalue weighted by molar-refractivity contribution is 5.73. The lowest BCUT2D eigenvalue weighted by Crippen LogP contribution is -2.25. The van der Waals surface area contributed by atoms with Gasteiger partial charge >= 0.3 is 0 Å². The highest BCUT2D eigenvalue weighted by atomic mass is 16.5. The maximum absolute atomic E-state index is 10.8. The van der Waals surface area contributed by atoms with Crippen molar-refractivity contribution in [3.8, 4) is 0 Å². The Morgan fingerprint density at radius 3 is 3.06 bits per heavy atom. The first-order valence-electron chi connectivity index (χ1n) is 5.92. The molecule has 18 heavy (non-hydrogen) atoms. The summed E-state index contributed by atoms with van der Waals surface area (Å²) in [5.74, 6) is -0.416. The number of hydrogen-bond acceptors (Lipinski definition) is 5. The zero-order valence-corrected chi connectivity index (χ0v) is 10.6. The number of carbonyl (C=O) groups excluding carboxylic acids is 1. The van der Waals surface area contributed by atoms with Crippen molar-refractivity contribution >= 4 is 11.6 Å². The zero-order chi connectivity index (χ0) is 13.4. The van der Waals surface area contributed by atoms with Gasteiger partial charge in [0.05, 0.1) is 18.5 Å². The number of methoxy groups -OCH3 is 1. The van der Waals surface area contributed by atoms with Gasteiger partial charge in [0.15, 0.2) is 0 Å². The predicted octanol–water partition coefficient (Wildman–Crippen LogP) is -0.466. The minimum Gasteiger partial charge on any atom is -0.383 e. The van der Waals surface area contributed by atoms with Gasteiger partial charge in [0.25, 0.3) is 0 Å². The summed E-state index contributed by atoms with van der Waals surface area (Å²) in [6.07, 6.45) is 5.26. The molecule has 102 valence electrons. The number of hydrogen-bond donors (Lipinski definition) is 3. The number of carbonyl (C=O) groups is 1. The zero-order valence-electron chi connectivity index (χ0n) is 10.6. The SMILES string of the molecule is COCC(CCCN)Nc1cnn(CC(N)=O)c1. The molecule has 1 unspecified atom stereocenters. The molecule has 0 saturated heterocycles. The minimum atomic E-state index is -0.416. The summed E-state index contributed by atoms with van der Waals surface area (Å²) in [7, 11) is 1.66. The van der Waals surface area contributed by atoms with Crippen LogP contribution in [-0.4, -0.2) is 42.0 Å². The molecule has 7 nitrogen and oxygen atoms in total. The average molecular weight is 255 g/mol. The second-order valence-electron chi connectivity index (χ2n) is 4.12. The van der Waals surface area contributed by atoms with Gasteiger partial charge in [0.2, 0.25) is 5.91 Å². The van der Waals surface area contributed by atoms with Crippen LogP contribution < -0.4 is 16.8 Å². The van der Waals surface area contributed by atoms with Gasteiger partial charge < -0.3 is 21.5 Å². The number of nitrogens with zero attached hydrogens (tertiary/aromatic N) is 2. The molecule has 0 fully saturated rings. The van der Waals surface area contributed by atoms with Crippen molar-refractivity contribution in [2.45, 2.75) is 25.4 Å². The van der Waals surface area contributed by atoms with Gasteiger partial charge in [-0.1, -0.05) is 0 Å². The maximum atomic E-state index is 10.8. The van der Waals surface area contributed by atoms with Crippen LogP contribution in [0.1, 0.15) is 12.8 Å². The number of anilines is 1. The quantitative estimate of drug-likeness (QED) is 0.553. The molecular weight excluding hydrogens is 234 g/mol. The van der Waals surface area contributed by atoms with Crippen molar-refractivity contribution in [1.82, 2.24) is 9.78 Å². The van der Waals surface area contributed by atoms with Crippen molar-refractivity contribution in [2.75, 3.05) is 25.6 Å². The van der Waals surface area contributed by atoms with Gasteiger partial charge in [-0.15, -0.1) is 0 Å². The molecule has 0 spiro atoms. The summed E-state index contributed by atoms with van der Waals surface area (Å²) >= 11 is 0. The fourth-order valence-corrected chi connectivity index (χ4v) is 1.68. The van der Waals surface area contributed by atoms with Crippen LogP contribution in [0, 0.1) is 0 Å². The lowest BCUT2D eigenvalue weighted by Gasteiger charge is -2.17. The highest BCUT2D eigenvalue weighted by Crippen LogP contribution is 2.10. The summed E-state index contributed by atoms with van der Waals surface area (Å²) < 4.78 is 6.64. The van der Waals surface area contributed by atoms with Crippen LogP contribution in [0.5, 0.6) is 0 Å². The van der Waals surface area contributed by atoms with Crippen LogP contribution in [0.15, 0.2) is 12.4 Å². The number of rotatable bonds is 9. The molecule has 0 aliphatic heterocycles. The van der Waals surface area contributed by atoms with Crippen molar-refractivity contribution in [3.05, 3.63) is 12.4 Å². The fourth-order valence-electron chi connectivity index (χ4n) is 1.68. The molecule has 0 saturated carbocycles. The molecular formula is C11H21N5O2. The monoisotopic (exact) mass is 255 g/mol. The van der Waals surface area contributed by atoms with Crippen LogP contribution in [-0.2, 0) is 16.1 Å². The second-order valence-corrected chi connectivity index (χ2v) is 4.12. The Morgan fingerprint density at radius 1 is 1.67 bits per heavy atom. The largest absolute Gasteiger partial charge is 0.383 e. The van der Waals surface area contributed by atoms with Crippen molar-refractivity contribution in [2.24, 2.45) is 11.5 Å². The highest BCUT2D eigenvalue weighted by Gasteiger charge is 2.09. The Morgan fingerprint density at radius 2 is 2.44 bits per heavy atom. The molecule has 1 rings (SSSR count). The van der Waals surface area contributed by atoms with Crippen molar-refractivity contribution in [3.63, 3.8) is 0 Å². The van der Waals surface area contributed by atoms with E-state index in [1.54, 1.807) is 19.5 Å². The third kappa shape index (κ3) is 5.15. The van der Waals surface area contributed by atoms with Crippen LogP contribution in [0.3, 0.4) is 0 Å². The predicted molar refractivity (Wildman–Crippen MR) is 69.0 cm³/mol. The Bertz CT molecular complexity index is 366. The maximum Gasteiger partial charge on any atom is 0.239 e. The Balaban J connectivity index is 2.51. The number of ether oxygens (including phenoxy) is 1. The lowest BCUT2D eigenvalue weighted by molar-refractivity contribution is -0.118. The molecule has 0 aliphatic carbocycles. The molecule has 1 amide bonds. The van der Waals surface area contributed by atoms with Gasteiger partial charge in [-0.2, -0.15) is 5.10 Å². The van der Waals surface area contributed by atoms with Crippen LogP contribution in [0.25, 0.3) is 0 Å². The lowest BCUT2D eigenvalue weighted by atomic mass is 10.1. The van der Waals surface area contributed by atoms with E-state index in [9.17, 15) is 4.79 Å². The molecule has 0 aliphatic rings. The molecule has 1 heterocycles. The first kappa shape index (κ1) is 14.5. The summed E-state index contributed by atoms with van der Waals surface area (Å²) in [6, 6.07) is 0.185. The minimum absolute atomic E-state index is 0.0828. The van der Waals surface area contributed by atoms with Crippen molar-refractivity contribution < 1.29 is 9.53 Å². The summed E-state index contributed by atoms with van der Waals surface area (Å²) in [6.45, 7) is 1.34. The summed E-state index contributed by atoms with van der Waals surface area (Å²) in [5.41, 5.74) is 11.4. The third-order valence-corrected chi connectivity index (χ3v) is 2.45. The second kappa shape index (κ2) is 7.67. The van der Waals surface area contributed by atoms with Gasteiger partial charge in [0, 0.05) is 19.3 Å². The molecule has 7 heteroatoms. The van der Waals surface area contributed by atoms with Gasteiger partial charge in [-0.05, 0) is 19.4 Å². The Kier molecular flexibility index (Phi) is 6.16. The standard InChI is InChI=1S/C11H21N5O2/c1-18-8-9(3-2-4-12)15-10-5-14-16(6-10)7-11(13)17/h5-6,9,15H,2-4,7-8,12H2,1H3,(H2,13,17). The van der Waals surface area contributed by atoms with E-state index in [2.05, 4.69) is 10.4 Å². The molecule has 0 radical (unpaired) electrons. The van der Waals surface area contributed by atoms with Crippen LogP contribution in [0.4, 0.5) is 5.69 Å². The first-order chi connectivity index (χ1) is 8.65. The molecule has 1 aromatic heterocycles. The first-order valence-corrected chi connectivity index (χ1v) is 5.92. The van der Waals surface area contributed by atoms with E-state index < -0.39 is 5.91 Å². The molecule has 1 atom stereocenters. The van der Waals surface area contributed by atoms with E-state index in [1.165, 1.54) is 4.68 Å². The van der Waals surface area contributed by atoms with E-state index in [0.717, 1.165) is 18.5 Å². The van der Waals surface area contributed by atoms with E-state index >= 15 is 0 Å². The smallest absolute Gasteiger partial charge is 0.239 e. The normalized spacial score (nSPS) is 12.3. The molecule has 1 aromatic rings. The van der Waals surface area contributed by atoms with Crippen LogP contribution in [0.2, 0.25) is 0 Å². The van der Waals surface area contributed by atoms with Crippen molar-refractivity contribution in [1.29, 1.82) is 0 Å². The summed E-state index contributed by atoms with van der Waals surface area (Å²) in [4.78, 5) is 10.8. The topological polar surface area (TPSA) is 108 Å². The van der Waals surface area contributed by atoms with E-state index in [-0.39, 0.29) is 12.6 Å². The van der Waals surface area contributed by atoms with Gasteiger partial charge in [-0.3, -0.25) is 9.48 Å². The number of nitrogens with two attached hydrogens (primary N) is 2. The Labute approximate surface area is 106 Å². The van der Waals surface area contributed by atoms with Crippen LogP contribution >= 0.6 is 0 Å². The van der Waals surface area contributed by atoms with Gasteiger partial charge in [-0.25, -0.2) is 0 Å². The van der Waals surface area contributed by atoms with E-state index in [4.69, 9.17) is 16.2 Å². The third-order valence-electron chi connectivity index (χ3n) is 2.45. The summed E-state index contributed by atoms with van der Waals surface area (Å²) in [5, 5.41) is 7.33. The van der Waals surface area contributed by atoms with E-state index in [1.807, 2.05) is 0 Å². The Hall–Kier alpha value is -1.60. The number of aromatic nitrogens is 2. The van der Waals surface area contributed by atoms with E-state index in [0.29, 0.717) is 13.2 Å². The van der Waals surface area contributed by atoms with Gasteiger partial charge in [0.1, 0.15) is 6.54 Å². The number of amides is 1. The average Bonchev–Trinajstić information content (AvgIpc) is 2.72. The molecule has 0 aromatic carbocycles. The molecule has 5 N–H and O–H groups in total. The molecule has 0 bridgehead atoms.